The molecule has 3 atom stereocenters. The predicted molar refractivity (Wildman–Crippen MR) is 105 cm³/mol. The molecule has 0 aromatic heterocycles. The molecule has 5 heteroatoms. The van der Waals surface area contributed by atoms with Crippen molar-refractivity contribution in [2.45, 2.75) is 108 Å². The normalized spacial score (nSPS) is 25.9. The minimum absolute atomic E-state index is 0.434. The second-order valence-corrected chi connectivity index (χ2v) is 7.62. The van der Waals surface area contributed by atoms with Crippen LogP contribution in [0.2, 0.25) is 0 Å². The Labute approximate surface area is 159 Å². The SMILES string of the molecule is CCCCCCCCCCCCC/C=C/C[C@H]1OC(=O)[C@](N)(CO)[C@@H]1O. The van der Waals surface area contributed by atoms with Crippen LogP contribution in [0.1, 0.15) is 90.4 Å². The third kappa shape index (κ3) is 7.77. The molecule has 0 spiro atoms. The molecule has 1 aliphatic heterocycles. The van der Waals surface area contributed by atoms with Crippen LogP contribution in [0.4, 0.5) is 0 Å². The molecule has 152 valence electrons. The highest BCUT2D eigenvalue weighted by Gasteiger charge is 2.53. The first-order chi connectivity index (χ1) is 12.6. The van der Waals surface area contributed by atoms with Crippen molar-refractivity contribution >= 4 is 5.97 Å². The van der Waals surface area contributed by atoms with Crippen LogP contribution in [0, 0.1) is 0 Å². The number of cyclic esters (lactones) is 1. The third-order valence-corrected chi connectivity index (χ3v) is 5.29. The Bertz CT molecular complexity index is 413. The molecule has 0 unspecified atom stereocenters. The largest absolute Gasteiger partial charge is 0.458 e. The third-order valence-electron chi connectivity index (χ3n) is 5.29. The molecule has 1 aliphatic rings. The van der Waals surface area contributed by atoms with Gasteiger partial charge in [0.1, 0.15) is 12.2 Å². The summed E-state index contributed by atoms with van der Waals surface area (Å²) in [5.41, 5.74) is 4.02. The molecule has 1 saturated heterocycles. The number of rotatable bonds is 15. The van der Waals surface area contributed by atoms with Crippen LogP contribution in [0.5, 0.6) is 0 Å². The Hall–Kier alpha value is -0.910. The van der Waals surface area contributed by atoms with Crippen LogP contribution >= 0.6 is 0 Å². The van der Waals surface area contributed by atoms with Gasteiger partial charge in [-0.1, -0.05) is 83.3 Å². The molecule has 0 bridgehead atoms. The van der Waals surface area contributed by atoms with E-state index >= 15 is 0 Å². The van der Waals surface area contributed by atoms with Crippen LogP contribution in [-0.2, 0) is 9.53 Å². The highest BCUT2D eigenvalue weighted by Crippen LogP contribution is 2.26. The second kappa shape index (κ2) is 13.3. The summed E-state index contributed by atoms with van der Waals surface area (Å²) in [6.07, 6.45) is 18.3. The number of esters is 1. The summed E-state index contributed by atoms with van der Waals surface area (Å²) in [7, 11) is 0. The molecule has 5 nitrogen and oxygen atoms in total. The van der Waals surface area contributed by atoms with Gasteiger partial charge in [0, 0.05) is 6.42 Å². The number of nitrogens with two attached hydrogens (primary N) is 1. The van der Waals surface area contributed by atoms with Gasteiger partial charge in [0.05, 0.1) is 6.61 Å². The zero-order valence-electron chi connectivity index (χ0n) is 16.5. The topological polar surface area (TPSA) is 92.8 Å². The van der Waals surface area contributed by atoms with Gasteiger partial charge in [0.2, 0.25) is 0 Å². The maximum Gasteiger partial charge on any atom is 0.331 e. The van der Waals surface area contributed by atoms with Crippen LogP contribution in [0.25, 0.3) is 0 Å². The van der Waals surface area contributed by atoms with Crippen LogP contribution in [0.3, 0.4) is 0 Å². The lowest BCUT2D eigenvalue weighted by Crippen LogP contribution is -2.57. The molecule has 0 aromatic carbocycles. The molecular formula is C21H39NO4. The zero-order valence-corrected chi connectivity index (χ0v) is 16.5. The summed E-state index contributed by atoms with van der Waals surface area (Å²) < 4.78 is 5.07. The Morgan fingerprint density at radius 2 is 1.54 bits per heavy atom. The first-order valence-corrected chi connectivity index (χ1v) is 10.5. The van der Waals surface area contributed by atoms with E-state index < -0.39 is 30.3 Å². The summed E-state index contributed by atoms with van der Waals surface area (Å²) in [6.45, 7) is 1.65. The molecule has 0 aliphatic carbocycles. The fraction of sp³-hybridized carbons (Fsp3) is 0.857. The second-order valence-electron chi connectivity index (χ2n) is 7.62. The van der Waals surface area contributed by atoms with E-state index in [4.69, 9.17) is 10.5 Å². The maximum absolute atomic E-state index is 11.6. The molecule has 4 N–H and O–H groups in total. The van der Waals surface area contributed by atoms with Gasteiger partial charge < -0.3 is 20.7 Å². The highest BCUT2D eigenvalue weighted by atomic mass is 16.6. The van der Waals surface area contributed by atoms with Gasteiger partial charge in [-0.15, -0.1) is 0 Å². The summed E-state index contributed by atoms with van der Waals surface area (Å²) in [5.74, 6) is -0.726. The number of ether oxygens (including phenoxy) is 1. The van der Waals surface area contributed by atoms with E-state index in [1.165, 1.54) is 64.2 Å². The van der Waals surface area contributed by atoms with E-state index in [0.29, 0.717) is 6.42 Å². The Morgan fingerprint density at radius 3 is 2.04 bits per heavy atom. The highest BCUT2D eigenvalue weighted by molar-refractivity contribution is 5.84. The van der Waals surface area contributed by atoms with Crippen LogP contribution < -0.4 is 5.73 Å². The standard InChI is InChI=1S/C21H39NO4/c1-2-3-4-5-6-7-8-9-10-11-12-13-14-15-16-18-19(24)21(22,17-23)20(25)26-18/h14-15,18-19,23-24H,2-13,16-17,22H2,1H3/b15-14+/t18-,19-,21+/m1/s1. The first kappa shape index (κ1) is 23.1. The van der Waals surface area contributed by atoms with Crippen LogP contribution in [0.15, 0.2) is 12.2 Å². The number of carbonyl (C=O) groups is 1. The summed E-state index contributed by atoms with van der Waals surface area (Å²) in [4.78, 5) is 11.6. The van der Waals surface area contributed by atoms with Gasteiger partial charge in [0.15, 0.2) is 5.54 Å². The van der Waals surface area contributed by atoms with E-state index in [1.807, 2.05) is 6.08 Å². The average molecular weight is 370 g/mol. The average Bonchev–Trinajstić information content (AvgIpc) is 2.86. The minimum atomic E-state index is -1.67. The van der Waals surface area contributed by atoms with Gasteiger partial charge in [0.25, 0.3) is 0 Å². The molecule has 0 saturated carbocycles. The Morgan fingerprint density at radius 1 is 1.00 bits per heavy atom. The number of aliphatic hydroxyl groups excluding tert-OH is 2. The maximum atomic E-state index is 11.6. The van der Waals surface area contributed by atoms with E-state index in [-0.39, 0.29) is 0 Å². The van der Waals surface area contributed by atoms with Crippen molar-refractivity contribution in [1.82, 2.24) is 0 Å². The molecular weight excluding hydrogens is 330 g/mol. The van der Waals surface area contributed by atoms with Gasteiger partial charge in [-0.3, -0.25) is 0 Å². The van der Waals surface area contributed by atoms with E-state index in [9.17, 15) is 15.0 Å². The van der Waals surface area contributed by atoms with Crippen molar-refractivity contribution < 1.29 is 19.7 Å². The van der Waals surface area contributed by atoms with E-state index in [2.05, 4.69) is 13.0 Å². The zero-order chi connectivity index (χ0) is 19.3. The number of aliphatic hydroxyl groups is 2. The molecule has 1 heterocycles. The molecule has 26 heavy (non-hydrogen) atoms. The number of allylic oxidation sites excluding steroid dienone is 1. The van der Waals surface area contributed by atoms with Gasteiger partial charge in [-0.25, -0.2) is 4.79 Å². The number of unbranched alkanes of at least 4 members (excludes halogenated alkanes) is 11. The Balaban J connectivity index is 1.96. The summed E-state index contributed by atoms with van der Waals surface area (Å²) >= 11 is 0. The quantitative estimate of drug-likeness (QED) is 0.233. The van der Waals surface area contributed by atoms with Gasteiger partial charge in [-0.2, -0.15) is 0 Å². The Kier molecular flexibility index (Phi) is 11.8. The molecule has 0 radical (unpaired) electrons. The number of carbonyl (C=O) groups excluding carboxylic acids is 1. The predicted octanol–water partition coefficient (Wildman–Crippen LogP) is 3.61. The fourth-order valence-electron chi connectivity index (χ4n) is 3.37. The number of hydrogen-bond donors (Lipinski definition) is 3. The van der Waals surface area contributed by atoms with Crippen molar-refractivity contribution in [3.05, 3.63) is 12.2 Å². The first-order valence-electron chi connectivity index (χ1n) is 10.5. The van der Waals surface area contributed by atoms with Gasteiger partial charge in [-0.05, 0) is 12.8 Å². The molecule has 1 rings (SSSR count). The van der Waals surface area contributed by atoms with E-state index in [0.717, 1.165) is 12.8 Å². The van der Waals surface area contributed by atoms with Crippen molar-refractivity contribution in [2.24, 2.45) is 5.73 Å². The van der Waals surface area contributed by atoms with Crippen molar-refractivity contribution in [3.63, 3.8) is 0 Å². The van der Waals surface area contributed by atoms with Crippen molar-refractivity contribution in [1.29, 1.82) is 0 Å². The minimum Gasteiger partial charge on any atom is -0.458 e. The fourth-order valence-corrected chi connectivity index (χ4v) is 3.37. The lowest BCUT2D eigenvalue weighted by atomic mass is 9.93. The lowest BCUT2D eigenvalue weighted by Gasteiger charge is -2.21. The molecule has 0 amide bonds. The van der Waals surface area contributed by atoms with Crippen molar-refractivity contribution in [3.8, 4) is 0 Å². The monoisotopic (exact) mass is 369 g/mol. The summed E-state index contributed by atoms with van der Waals surface area (Å²) in [6, 6.07) is 0. The van der Waals surface area contributed by atoms with Gasteiger partial charge >= 0.3 is 5.97 Å². The van der Waals surface area contributed by atoms with Crippen LogP contribution in [-0.4, -0.2) is 40.5 Å². The molecule has 1 fully saturated rings. The number of hydrogen-bond acceptors (Lipinski definition) is 5. The summed E-state index contributed by atoms with van der Waals surface area (Å²) in [5, 5.41) is 19.2. The van der Waals surface area contributed by atoms with Crippen molar-refractivity contribution in [2.75, 3.05) is 6.61 Å². The smallest absolute Gasteiger partial charge is 0.331 e. The molecule has 0 aromatic rings. The van der Waals surface area contributed by atoms with E-state index in [1.54, 1.807) is 0 Å². The lowest BCUT2D eigenvalue weighted by molar-refractivity contribution is -0.146.